The summed E-state index contributed by atoms with van der Waals surface area (Å²) in [5.41, 5.74) is 4.03. The van der Waals surface area contributed by atoms with Crippen molar-refractivity contribution >= 4 is 5.84 Å². The van der Waals surface area contributed by atoms with E-state index in [1.807, 2.05) is 36.4 Å². The Morgan fingerprint density at radius 2 is 2.00 bits per heavy atom. The first-order chi connectivity index (χ1) is 12.3. The van der Waals surface area contributed by atoms with Crippen molar-refractivity contribution in [1.82, 2.24) is 10.5 Å². The molecular formula is C20H25N3O2. The maximum atomic E-state index is 9.64. The lowest BCUT2D eigenvalue weighted by molar-refractivity contribution is 0.233. The number of aromatic nitrogens is 1. The number of nitrogens with zero attached hydrogens (tertiary/aromatic N) is 2. The van der Waals surface area contributed by atoms with Gasteiger partial charge in [-0.15, -0.1) is 0 Å². The van der Waals surface area contributed by atoms with Gasteiger partial charge in [0.1, 0.15) is 5.75 Å². The summed E-state index contributed by atoms with van der Waals surface area (Å²) in [6.45, 7) is 2.09. The fourth-order valence-corrected chi connectivity index (χ4v) is 3.20. The molecule has 0 amide bonds. The first kappa shape index (κ1) is 17.4. The zero-order valence-electron chi connectivity index (χ0n) is 14.6. The number of amidine groups is 1. The molecule has 0 bridgehead atoms. The third-order valence-corrected chi connectivity index (χ3v) is 4.58. The van der Waals surface area contributed by atoms with Gasteiger partial charge >= 0.3 is 0 Å². The van der Waals surface area contributed by atoms with Gasteiger partial charge < -0.3 is 4.74 Å². The van der Waals surface area contributed by atoms with Gasteiger partial charge in [-0.1, -0.05) is 44.4 Å². The van der Waals surface area contributed by atoms with Crippen molar-refractivity contribution in [2.45, 2.75) is 51.5 Å². The van der Waals surface area contributed by atoms with Gasteiger partial charge in [0, 0.05) is 6.20 Å². The quantitative estimate of drug-likeness (QED) is 0.478. The van der Waals surface area contributed by atoms with Gasteiger partial charge in [-0.2, -0.15) is 0 Å². The van der Waals surface area contributed by atoms with Crippen molar-refractivity contribution in [3.8, 4) is 11.6 Å². The SMILES string of the molecule is CCc1ccccc1Oc1ncccc1C(=NC1CCCCC1)NO. The van der Waals surface area contributed by atoms with Crippen LogP contribution in [0.1, 0.15) is 50.2 Å². The Kier molecular flexibility index (Phi) is 6.01. The van der Waals surface area contributed by atoms with Gasteiger partial charge in [0.2, 0.25) is 5.88 Å². The van der Waals surface area contributed by atoms with Crippen LogP contribution in [0, 0.1) is 0 Å². The molecule has 0 radical (unpaired) electrons. The van der Waals surface area contributed by atoms with E-state index >= 15 is 0 Å². The Hall–Kier alpha value is -2.40. The predicted molar refractivity (Wildman–Crippen MR) is 98.5 cm³/mol. The minimum absolute atomic E-state index is 0.236. The number of para-hydroxylation sites is 1. The molecule has 5 heteroatoms. The number of nitrogens with one attached hydrogen (secondary N) is 1. The molecule has 3 rings (SSSR count). The van der Waals surface area contributed by atoms with E-state index in [9.17, 15) is 5.21 Å². The number of pyridine rings is 1. The van der Waals surface area contributed by atoms with Gasteiger partial charge in [-0.05, 0) is 43.0 Å². The summed E-state index contributed by atoms with van der Waals surface area (Å²) in [7, 11) is 0. The second-order valence-electron chi connectivity index (χ2n) is 6.30. The summed E-state index contributed by atoms with van der Waals surface area (Å²) in [6, 6.07) is 11.8. The average molecular weight is 339 g/mol. The highest BCUT2D eigenvalue weighted by Crippen LogP contribution is 2.27. The van der Waals surface area contributed by atoms with Crippen LogP contribution in [0.15, 0.2) is 47.6 Å². The van der Waals surface area contributed by atoms with Gasteiger partial charge in [0.15, 0.2) is 5.84 Å². The fraction of sp³-hybridized carbons (Fsp3) is 0.400. The topological polar surface area (TPSA) is 66.7 Å². The number of aryl methyl sites for hydroxylation is 1. The van der Waals surface area contributed by atoms with E-state index in [4.69, 9.17) is 9.73 Å². The van der Waals surface area contributed by atoms with E-state index in [1.165, 1.54) is 19.3 Å². The van der Waals surface area contributed by atoms with Crippen LogP contribution in [0.4, 0.5) is 0 Å². The van der Waals surface area contributed by atoms with Crippen molar-refractivity contribution < 1.29 is 9.94 Å². The molecule has 0 aliphatic heterocycles. The number of benzene rings is 1. The molecule has 2 N–H and O–H groups in total. The van der Waals surface area contributed by atoms with Crippen LogP contribution in [-0.4, -0.2) is 22.1 Å². The lowest BCUT2D eigenvalue weighted by Crippen LogP contribution is -2.25. The molecule has 0 saturated heterocycles. The standard InChI is InChI=1S/C20H25N3O2/c1-2-15-9-6-7-13-18(15)25-20-17(12-8-14-21-20)19(23-24)22-16-10-4-3-5-11-16/h6-9,12-14,16,24H,2-5,10-11H2,1H3,(H,22,23). The van der Waals surface area contributed by atoms with Gasteiger partial charge in [-0.25, -0.2) is 4.98 Å². The Bertz CT molecular complexity index is 724. The zero-order valence-corrected chi connectivity index (χ0v) is 14.6. The highest BCUT2D eigenvalue weighted by Gasteiger charge is 2.17. The average Bonchev–Trinajstić information content (AvgIpc) is 2.68. The van der Waals surface area contributed by atoms with Crippen LogP contribution >= 0.6 is 0 Å². The number of aliphatic imine (C=N–C) groups is 1. The molecule has 1 aromatic heterocycles. The highest BCUT2D eigenvalue weighted by atomic mass is 16.5. The Morgan fingerprint density at radius 3 is 2.76 bits per heavy atom. The van der Waals surface area contributed by atoms with Crippen LogP contribution in [-0.2, 0) is 6.42 Å². The number of rotatable bonds is 5. The number of ether oxygens (including phenoxy) is 1. The van der Waals surface area contributed by atoms with E-state index in [0.29, 0.717) is 17.3 Å². The Morgan fingerprint density at radius 1 is 1.20 bits per heavy atom. The number of hydroxylamine groups is 1. The molecule has 132 valence electrons. The molecule has 0 atom stereocenters. The molecule has 0 spiro atoms. The van der Waals surface area contributed by atoms with Crippen LogP contribution < -0.4 is 10.2 Å². The van der Waals surface area contributed by atoms with Crippen LogP contribution in [0.2, 0.25) is 0 Å². The second kappa shape index (κ2) is 8.62. The molecule has 0 unspecified atom stereocenters. The minimum Gasteiger partial charge on any atom is -0.438 e. The lowest BCUT2D eigenvalue weighted by Gasteiger charge is -2.19. The predicted octanol–water partition coefficient (Wildman–Crippen LogP) is 4.49. The van der Waals surface area contributed by atoms with Crippen LogP contribution in [0.25, 0.3) is 0 Å². The van der Waals surface area contributed by atoms with Crippen molar-refractivity contribution in [3.63, 3.8) is 0 Å². The highest BCUT2D eigenvalue weighted by molar-refractivity contribution is 6.00. The van der Waals surface area contributed by atoms with E-state index < -0.39 is 0 Å². The minimum atomic E-state index is 0.236. The summed E-state index contributed by atoms with van der Waals surface area (Å²) in [5.74, 6) is 1.64. The number of hydrogen-bond donors (Lipinski definition) is 2. The van der Waals surface area contributed by atoms with Crippen molar-refractivity contribution in [1.29, 1.82) is 0 Å². The first-order valence-corrected chi connectivity index (χ1v) is 9.01. The molecule has 1 aliphatic rings. The molecule has 1 saturated carbocycles. The van der Waals surface area contributed by atoms with E-state index in [1.54, 1.807) is 6.20 Å². The molecule has 1 aliphatic carbocycles. The third kappa shape index (κ3) is 4.37. The van der Waals surface area contributed by atoms with Crippen molar-refractivity contribution in [3.05, 3.63) is 53.7 Å². The zero-order chi connectivity index (χ0) is 17.5. The molecule has 1 aromatic carbocycles. The number of hydrogen-bond acceptors (Lipinski definition) is 4. The normalized spacial score (nSPS) is 15.8. The van der Waals surface area contributed by atoms with Crippen molar-refractivity contribution in [2.24, 2.45) is 4.99 Å². The molecule has 1 fully saturated rings. The Labute approximate surface area is 148 Å². The van der Waals surface area contributed by atoms with E-state index in [2.05, 4.69) is 17.4 Å². The maximum Gasteiger partial charge on any atom is 0.230 e. The summed E-state index contributed by atoms with van der Waals surface area (Å²) in [5, 5.41) is 9.64. The van der Waals surface area contributed by atoms with Crippen LogP contribution in [0.3, 0.4) is 0 Å². The van der Waals surface area contributed by atoms with Gasteiger partial charge in [0.25, 0.3) is 0 Å². The molecule has 25 heavy (non-hydrogen) atoms. The molecule has 1 heterocycles. The monoisotopic (exact) mass is 339 g/mol. The summed E-state index contributed by atoms with van der Waals surface area (Å²) >= 11 is 0. The fourth-order valence-electron chi connectivity index (χ4n) is 3.20. The Balaban J connectivity index is 1.90. The molecule has 2 aromatic rings. The first-order valence-electron chi connectivity index (χ1n) is 9.01. The second-order valence-corrected chi connectivity index (χ2v) is 6.30. The summed E-state index contributed by atoms with van der Waals surface area (Å²) in [4.78, 5) is 9.06. The van der Waals surface area contributed by atoms with E-state index in [0.717, 1.165) is 30.6 Å². The smallest absolute Gasteiger partial charge is 0.230 e. The third-order valence-electron chi connectivity index (χ3n) is 4.58. The molecular weight excluding hydrogens is 314 g/mol. The van der Waals surface area contributed by atoms with Crippen LogP contribution in [0.5, 0.6) is 11.6 Å². The van der Waals surface area contributed by atoms with Crippen molar-refractivity contribution in [2.75, 3.05) is 0 Å². The molecule has 5 nitrogen and oxygen atoms in total. The largest absolute Gasteiger partial charge is 0.438 e. The van der Waals surface area contributed by atoms with Gasteiger partial charge in [0.05, 0.1) is 11.6 Å². The maximum absolute atomic E-state index is 9.64. The summed E-state index contributed by atoms with van der Waals surface area (Å²) in [6.07, 6.45) is 8.31. The lowest BCUT2D eigenvalue weighted by atomic mass is 9.96. The van der Waals surface area contributed by atoms with Gasteiger partial charge in [-0.3, -0.25) is 15.7 Å². The summed E-state index contributed by atoms with van der Waals surface area (Å²) < 4.78 is 6.06. The van der Waals surface area contributed by atoms with E-state index in [-0.39, 0.29) is 6.04 Å².